The zero-order valence-electron chi connectivity index (χ0n) is 3.43. The molecule has 7 heteroatoms. The van der Waals surface area contributed by atoms with E-state index in [1.165, 1.54) is 0 Å². The van der Waals surface area contributed by atoms with Crippen LogP contribution in [-0.2, 0) is 28.0 Å². The predicted molar refractivity (Wildman–Crippen MR) is 23.8 cm³/mol. The van der Waals surface area contributed by atoms with Gasteiger partial charge in [0.2, 0.25) is 0 Å². The summed E-state index contributed by atoms with van der Waals surface area (Å²) in [5.74, 6) is 0. The summed E-state index contributed by atoms with van der Waals surface area (Å²) in [6.45, 7) is 0. The molecule has 0 aromatic heterocycles. The fourth-order valence-electron chi connectivity index (χ4n) is 0. The molecule has 0 saturated heterocycles. The van der Waals surface area contributed by atoms with E-state index in [9.17, 15) is 0 Å². The third-order valence-corrected chi connectivity index (χ3v) is 0. The van der Waals surface area contributed by atoms with Gasteiger partial charge in [0.25, 0.3) is 0 Å². The molecule has 1 unspecified atom stereocenters. The largest absolute Gasteiger partial charge is 3.00 e. The molecule has 4 nitrogen and oxygen atoms in total. The van der Waals surface area contributed by atoms with Crippen molar-refractivity contribution in [2.24, 2.45) is 0 Å². The molecule has 0 rings (SSSR count). The van der Waals surface area contributed by atoms with Gasteiger partial charge in [-0.25, -0.2) is 0 Å². The maximum Gasteiger partial charge on any atom is 3.00 e. The van der Waals surface area contributed by atoms with Crippen LogP contribution in [0.2, 0.25) is 0 Å². The summed E-state index contributed by atoms with van der Waals surface area (Å²) in [4.78, 5) is 0. The van der Waals surface area contributed by atoms with Crippen molar-refractivity contribution >= 4 is 27.3 Å². The minimum absolute atomic E-state index is 0. The minimum Gasteiger partial charge on any atom is -2.00 e. The third-order valence-electron chi connectivity index (χ3n) is 0. The molecule has 0 amide bonds. The van der Waals surface area contributed by atoms with E-state index in [-0.39, 0.29) is 66.2 Å². The van der Waals surface area contributed by atoms with Gasteiger partial charge in [0.1, 0.15) is 0 Å². The zero-order chi connectivity index (χ0) is 0. The molecule has 0 aromatic rings. The van der Waals surface area contributed by atoms with Gasteiger partial charge in [-0.1, -0.05) is 0 Å². The van der Waals surface area contributed by atoms with E-state index in [1.807, 2.05) is 0 Å². The average molecular weight is 183 g/mol. The molecule has 0 saturated carbocycles. The summed E-state index contributed by atoms with van der Waals surface area (Å²) in [6.07, 6.45) is 0. The predicted octanol–water partition coefficient (Wildman–Crippen LogP) is -1.56. The molecular weight excluding hydrogens is 177 g/mol. The Morgan fingerprint density at radius 1 is 0.857 bits per heavy atom. The molecule has 0 heterocycles. The van der Waals surface area contributed by atoms with Gasteiger partial charge in [0, 0.05) is 0 Å². The minimum atomic E-state index is 0. The van der Waals surface area contributed by atoms with Gasteiger partial charge >= 0.3 is 34.4 Å². The molecule has 1 radical (unpaired) electrons. The molecule has 0 spiro atoms. The maximum absolute atomic E-state index is 0. The van der Waals surface area contributed by atoms with Crippen LogP contribution < -0.4 is 0 Å². The summed E-state index contributed by atoms with van der Waals surface area (Å²) in [5, 5.41) is 0. The second-order valence-electron chi connectivity index (χ2n) is 0. The second-order valence-corrected chi connectivity index (χ2v) is 0. The standard InChI is InChI=1S/Al.Mn.2H2O.2O.H3P/h;;2*1H2;;;1H3/q+3;+2;;;2*-2;/p-1. The van der Waals surface area contributed by atoms with E-state index in [0.29, 0.717) is 0 Å². The van der Waals surface area contributed by atoms with Crippen molar-refractivity contribution in [1.29, 1.82) is 0 Å². The van der Waals surface area contributed by atoms with Crippen LogP contribution in [0.1, 0.15) is 0 Å². The van der Waals surface area contributed by atoms with Crippen molar-refractivity contribution in [3.05, 3.63) is 0 Å². The Kier molecular flexibility index (Phi) is 6110. The number of hydrogen-bond acceptors (Lipinski definition) is 1. The first-order valence-corrected chi connectivity index (χ1v) is 0. The molecule has 3 N–H and O–H groups in total. The first-order valence-electron chi connectivity index (χ1n) is 0. The molecule has 1 atom stereocenters. The fraction of sp³-hybridized carbons (Fsp3) is 0. The number of hydrogen-bond donors (Lipinski definition) is 0. The van der Waals surface area contributed by atoms with Crippen LogP contribution in [0.15, 0.2) is 0 Å². The van der Waals surface area contributed by atoms with Gasteiger partial charge in [0.15, 0.2) is 0 Å². The van der Waals surface area contributed by atoms with Crippen LogP contribution >= 0.6 is 9.90 Å². The van der Waals surface area contributed by atoms with Gasteiger partial charge in [0.05, 0.1) is 0 Å². The van der Waals surface area contributed by atoms with Crippen molar-refractivity contribution < 1.29 is 39.0 Å². The molecule has 7 heavy (non-hydrogen) atoms. The molecule has 0 aliphatic heterocycles. The summed E-state index contributed by atoms with van der Waals surface area (Å²) < 4.78 is 0. The van der Waals surface area contributed by atoms with E-state index in [0.717, 1.165) is 0 Å². The van der Waals surface area contributed by atoms with Gasteiger partial charge in [-0.05, 0) is 0 Å². The summed E-state index contributed by atoms with van der Waals surface area (Å²) in [5.41, 5.74) is 0. The second kappa shape index (κ2) is 167. The van der Waals surface area contributed by atoms with E-state index in [4.69, 9.17) is 0 Å². The topological polar surface area (TPSA) is 118 Å². The zero-order valence-corrected chi connectivity index (χ0v) is 7.18. The molecule has 0 aliphatic carbocycles. The first-order chi connectivity index (χ1) is 0. The van der Waals surface area contributed by atoms with Crippen LogP contribution in [0.5, 0.6) is 0 Å². The first kappa shape index (κ1) is 255. The van der Waals surface area contributed by atoms with Gasteiger partial charge in [-0.2, -0.15) is 9.90 Å². The van der Waals surface area contributed by atoms with Crippen molar-refractivity contribution in [3.8, 4) is 0 Å². The Morgan fingerprint density at radius 3 is 0.857 bits per heavy atom. The summed E-state index contributed by atoms with van der Waals surface area (Å²) in [6, 6.07) is 0. The Bertz CT molecular complexity index is 11.7. The van der Waals surface area contributed by atoms with Gasteiger partial charge in [-0.3, -0.25) is 0 Å². The van der Waals surface area contributed by atoms with Crippen LogP contribution in [-0.4, -0.2) is 28.3 Å². The van der Waals surface area contributed by atoms with Crippen LogP contribution in [0, 0.1) is 0 Å². The van der Waals surface area contributed by atoms with Crippen molar-refractivity contribution in [2.45, 2.75) is 0 Å². The average Bonchev–Trinajstić information content (AvgIpc) is 0. The maximum atomic E-state index is 0. The molecule has 0 aliphatic rings. The third kappa shape index (κ3) is 119. The molecular formula is H6AlMnO4P. The monoisotopic (exact) mass is 183 g/mol. The normalized spacial score (nSPS) is 0. The quantitative estimate of drug-likeness (QED) is 0.327. The van der Waals surface area contributed by atoms with Crippen molar-refractivity contribution in [1.82, 2.24) is 0 Å². The van der Waals surface area contributed by atoms with Crippen LogP contribution in [0.3, 0.4) is 0 Å². The smallest absolute Gasteiger partial charge is 2.00 e. The Labute approximate surface area is 66.5 Å². The van der Waals surface area contributed by atoms with Crippen LogP contribution in [0.25, 0.3) is 0 Å². The molecule has 0 fully saturated rings. The fourth-order valence-corrected chi connectivity index (χ4v) is 0. The van der Waals surface area contributed by atoms with E-state index in [1.54, 1.807) is 0 Å². The molecule has 45 valence electrons. The van der Waals surface area contributed by atoms with E-state index in [2.05, 4.69) is 0 Å². The van der Waals surface area contributed by atoms with E-state index >= 15 is 0 Å². The van der Waals surface area contributed by atoms with Gasteiger partial charge < -0.3 is 21.9 Å². The van der Waals surface area contributed by atoms with Crippen molar-refractivity contribution in [3.63, 3.8) is 0 Å². The number of rotatable bonds is 0. The Morgan fingerprint density at radius 2 is 0.857 bits per heavy atom. The Balaban J connectivity index is 0. The summed E-state index contributed by atoms with van der Waals surface area (Å²) >= 11 is 0. The van der Waals surface area contributed by atoms with Crippen LogP contribution in [0.4, 0.5) is 0 Å². The molecule has 0 aromatic carbocycles. The molecule has 0 bridgehead atoms. The Hall–Kier alpha value is 1.32. The van der Waals surface area contributed by atoms with Gasteiger partial charge in [-0.15, -0.1) is 0 Å². The van der Waals surface area contributed by atoms with E-state index < -0.39 is 0 Å². The van der Waals surface area contributed by atoms with Crippen molar-refractivity contribution in [2.75, 3.05) is 0 Å². The summed E-state index contributed by atoms with van der Waals surface area (Å²) in [7, 11) is 0. The SMILES string of the molecule is O.P.[Al+3].[Mn+2].[O-2].[O-2].[OH-].